The van der Waals surface area contributed by atoms with Gasteiger partial charge in [-0.05, 0) is 72.9 Å². The molecule has 1 aliphatic rings. The fraction of sp³-hybridized carbons (Fsp3) is 0.333. The first-order valence-corrected chi connectivity index (χ1v) is 9.16. The number of aromatic amines is 1. The second kappa shape index (κ2) is 6.70. The van der Waals surface area contributed by atoms with E-state index in [1.165, 1.54) is 5.56 Å². The van der Waals surface area contributed by atoms with E-state index < -0.39 is 0 Å². The molecule has 0 amide bonds. The van der Waals surface area contributed by atoms with Crippen LogP contribution in [0.2, 0.25) is 0 Å². The zero-order valence-electron chi connectivity index (χ0n) is 15.7. The van der Waals surface area contributed by atoms with Crippen molar-refractivity contribution in [2.75, 3.05) is 13.6 Å². The number of aromatic hydroxyl groups is 1. The first kappa shape index (κ1) is 17.5. The third-order valence-corrected chi connectivity index (χ3v) is 5.05. The van der Waals surface area contributed by atoms with E-state index in [0.717, 1.165) is 47.5 Å². The first-order chi connectivity index (χ1) is 13.0. The summed E-state index contributed by atoms with van der Waals surface area (Å²) in [5.74, 6) is 0.638. The number of hydrogen-bond donors (Lipinski definition) is 2. The van der Waals surface area contributed by atoms with Crippen LogP contribution in [0.5, 0.6) is 11.6 Å². The number of ether oxygens (including phenoxy) is 1. The summed E-state index contributed by atoms with van der Waals surface area (Å²) in [5, 5.41) is 13.8. The normalized spacial score (nSPS) is 14.5. The van der Waals surface area contributed by atoms with Crippen LogP contribution in [0, 0.1) is 4.91 Å². The molecule has 0 fully saturated rings. The number of H-pyrrole nitrogens is 1. The average Bonchev–Trinajstić information content (AvgIpc) is 2.96. The van der Waals surface area contributed by atoms with Gasteiger partial charge in [0.05, 0.1) is 11.6 Å². The van der Waals surface area contributed by atoms with E-state index >= 15 is 0 Å². The molecule has 2 N–H and O–H groups in total. The molecule has 6 nitrogen and oxygen atoms in total. The lowest BCUT2D eigenvalue weighted by atomic mass is 9.88. The Morgan fingerprint density at radius 1 is 1.26 bits per heavy atom. The largest absolute Gasteiger partial charge is 0.493 e. The molecule has 6 heteroatoms. The average molecular weight is 365 g/mol. The van der Waals surface area contributed by atoms with Gasteiger partial charge in [-0.1, -0.05) is 12.1 Å². The van der Waals surface area contributed by atoms with E-state index in [-0.39, 0.29) is 17.7 Å². The van der Waals surface area contributed by atoms with E-state index in [1.807, 2.05) is 44.2 Å². The van der Waals surface area contributed by atoms with Gasteiger partial charge in [-0.3, -0.25) is 0 Å². The Morgan fingerprint density at radius 3 is 2.81 bits per heavy atom. The Bertz CT molecular complexity index is 1020. The van der Waals surface area contributed by atoms with Crippen molar-refractivity contribution >= 4 is 16.6 Å². The van der Waals surface area contributed by atoms with Gasteiger partial charge < -0.3 is 19.7 Å². The molecule has 0 aliphatic carbocycles. The minimum absolute atomic E-state index is 0.0665. The van der Waals surface area contributed by atoms with Crippen LogP contribution in [0.15, 0.2) is 35.5 Å². The number of nitrogens with zero attached hydrogens (tertiary/aromatic N) is 2. The predicted octanol–water partition coefficient (Wildman–Crippen LogP) is 4.71. The molecule has 2 aromatic carbocycles. The van der Waals surface area contributed by atoms with Crippen LogP contribution in [0.25, 0.3) is 22.0 Å². The van der Waals surface area contributed by atoms with Gasteiger partial charge in [0.15, 0.2) is 5.69 Å². The van der Waals surface area contributed by atoms with Crippen molar-refractivity contribution in [2.45, 2.75) is 32.9 Å². The van der Waals surface area contributed by atoms with Crippen molar-refractivity contribution in [3.63, 3.8) is 0 Å². The molecule has 0 atom stereocenters. The number of benzene rings is 2. The fourth-order valence-electron chi connectivity index (χ4n) is 3.89. The standard InChI is InChI=1S/C21H23N3O3/c1-12(2)27-14-6-4-5-13(9-14)16-10-17-19(22-21(25)20(17)23-26)18-11-24(3)8-7-15(16)18/h4-6,9-10,12,22,25H,7-8,11H2,1-3H3. The number of nitroso groups, excluding NO2 is 1. The van der Waals surface area contributed by atoms with Gasteiger partial charge in [-0.25, -0.2) is 0 Å². The maximum Gasteiger partial charge on any atom is 0.219 e. The smallest absolute Gasteiger partial charge is 0.219 e. The Labute approximate surface area is 157 Å². The van der Waals surface area contributed by atoms with Crippen LogP contribution >= 0.6 is 0 Å². The van der Waals surface area contributed by atoms with Crippen molar-refractivity contribution in [2.24, 2.45) is 5.18 Å². The summed E-state index contributed by atoms with van der Waals surface area (Å²) in [5.41, 5.74) is 5.30. The molecule has 4 rings (SSSR count). The Balaban J connectivity index is 1.96. The van der Waals surface area contributed by atoms with Crippen LogP contribution in [0.1, 0.15) is 25.0 Å². The fourth-order valence-corrected chi connectivity index (χ4v) is 3.89. The van der Waals surface area contributed by atoms with Crippen LogP contribution in [0.4, 0.5) is 5.69 Å². The Hall–Kier alpha value is -2.86. The minimum atomic E-state index is -0.176. The first-order valence-electron chi connectivity index (χ1n) is 9.16. The zero-order valence-corrected chi connectivity index (χ0v) is 15.7. The molecule has 0 saturated heterocycles. The molecule has 1 aromatic heterocycles. The summed E-state index contributed by atoms with van der Waals surface area (Å²) in [4.78, 5) is 16.5. The van der Waals surface area contributed by atoms with Gasteiger partial charge in [-0.15, -0.1) is 4.91 Å². The maximum absolute atomic E-state index is 11.3. The summed E-state index contributed by atoms with van der Waals surface area (Å²) in [7, 11) is 2.07. The maximum atomic E-state index is 11.3. The lowest BCUT2D eigenvalue weighted by Gasteiger charge is -2.27. The number of aromatic nitrogens is 1. The quantitative estimate of drug-likeness (QED) is 0.656. The monoisotopic (exact) mass is 365 g/mol. The Morgan fingerprint density at radius 2 is 2.07 bits per heavy atom. The molecule has 2 heterocycles. The second-order valence-corrected chi connectivity index (χ2v) is 7.40. The third-order valence-electron chi connectivity index (χ3n) is 5.05. The summed E-state index contributed by atoms with van der Waals surface area (Å²) in [6.07, 6.45) is 0.994. The van der Waals surface area contributed by atoms with E-state index in [9.17, 15) is 10.0 Å². The van der Waals surface area contributed by atoms with Crippen molar-refractivity contribution in [3.05, 3.63) is 46.4 Å². The molecule has 27 heavy (non-hydrogen) atoms. The SMILES string of the molecule is CC(C)Oc1cccc(-c2cc3c(N=O)c(O)[nH]c3c3c2CCN(C)C3)c1. The van der Waals surface area contributed by atoms with Gasteiger partial charge >= 0.3 is 0 Å². The molecule has 0 unspecified atom stereocenters. The van der Waals surface area contributed by atoms with Gasteiger partial charge in [0.25, 0.3) is 0 Å². The topological polar surface area (TPSA) is 77.9 Å². The molecule has 0 spiro atoms. The van der Waals surface area contributed by atoms with Crippen LogP contribution in [-0.2, 0) is 13.0 Å². The highest BCUT2D eigenvalue weighted by Gasteiger charge is 2.24. The number of rotatable bonds is 4. The molecular weight excluding hydrogens is 342 g/mol. The molecular formula is C21H23N3O3. The minimum Gasteiger partial charge on any atom is -0.493 e. The van der Waals surface area contributed by atoms with Gasteiger partial charge in [0.1, 0.15) is 5.75 Å². The third kappa shape index (κ3) is 3.06. The molecule has 0 saturated carbocycles. The molecule has 0 radical (unpaired) electrons. The van der Waals surface area contributed by atoms with Crippen LogP contribution in [0.3, 0.4) is 0 Å². The Kier molecular flexibility index (Phi) is 4.36. The highest BCUT2D eigenvalue weighted by atomic mass is 16.5. The van der Waals surface area contributed by atoms with E-state index in [2.05, 4.69) is 22.1 Å². The van der Waals surface area contributed by atoms with Crippen LogP contribution < -0.4 is 4.74 Å². The number of likely N-dealkylation sites (N-methyl/N-ethyl adjacent to an activating group) is 1. The van der Waals surface area contributed by atoms with Crippen molar-refractivity contribution in [1.29, 1.82) is 0 Å². The summed E-state index contributed by atoms with van der Waals surface area (Å²) in [6.45, 7) is 5.71. The summed E-state index contributed by atoms with van der Waals surface area (Å²) in [6, 6.07) is 9.96. The van der Waals surface area contributed by atoms with E-state index in [1.54, 1.807) is 0 Å². The molecule has 3 aromatic rings. The predicted molar refractivity (Wildman–Crippen MR) is 107 cm³/mol. The molecule has 1 aliphatic heterocycles. The summed E-state index contributed by atoms with van der Waals surface area (Å²) < 4.78 is 5.85. The van der Waals surface area contributed by atoms with E-state index in [4.69, 9.17) is 4.74 Å². The molecule has 0 bridgehead atoms. The number of nitrogens with one attached hydrogen (secondary N) is 1. The van der Waals surface area contributed by atoms with Crippen molar-refractivity contribution in [3.8, 4) is 22.8 Å². The number of fused-ring (bicyclic) bond motifs is 3. The van der Waals surface area contributed by atoms with Crippen molar-refractivity contribution < 1.29 is 9.84 Å². The lowest BCUT2D eigenvalue weighted by Crippen LogP contribution is -2.27. The zero-order chi connectivity index (χ0) is 19.1. The highest BCUT2D eigenvalue weighted by molar-refractivity contribution is 6.00. The van der Waals surface area contributed by atoms with Gasteiger partial charge in [0, 0.05) is 18.5 Å². The number of hydrogen-bond acceptors (Lipinski definition) is 5. The van der Waals surface area contributed by atoms with Gasteiger partial charge in [0.2, 0.25) is 5.88 Å². The summed E-state index contributed by atoms with van der Waals surface area (Å²) >= 11 is 0. The van der Waals surface area contributed by atoms with Gasteiger partial charge in [-0.2, -0.15) is 0 Å². The van der Waals surface area contributed by atoms with Crippen LogP contribution in [-0.4, -0.2) is 34.7 Å². The second-order valence-electron chi connectivity index (χ2n) is 7.40. The highest BCUT2D eigenvalue weighted by Crippen LogP contribution is 2.43. The van der Waals surface area contributed by atoms with Crippen molar-refractivity contribution in [1.82, 2.24) is 9.88 Å². The molecule has 140 valence electrons. The lowest BCUT2D eigenvalue weighted by molar-refractivity contribution is 0.242. The van der Waals surface area contributed by atoms with E-state index in [0.29, 0.717) is 5.39 Å².